The van der Waals surface area contributed by atoms with Crippen molar-refractivity contribution in [2.24, 2.45) is 0 Å². The fraction of sp³-hybridized carbons (Fsp3) is 0.667. The van der Waals surface area contributed by atoms with Crippen LogP contribution >= 0.6 is 11.8 Å². The summed E-state index contributed by atoms with van der Waals surface area (Å²) in [7, 11) is 0. The molecular formula is C12H19N3OS. The highest BCUT2D eigenvalue weighted by Crippen LogP contribution is 2.26. The first-order valence-electron chi connectivity index (χ1n) is 6.05. The second kappa shape index (κ2) is 6.10. The number of aromatic nitrogens is 2. The summed E-state index contributed by atoms with van der Waals surface area (Å²) in [5.74, 6) is 2.83. The number of ether oxygens (including phenoxy) is 1. The van der Waals surface area contributed by atoms with E-state index in [1.54, 1.807) is 6.33 Å². The largest absolute Gasteiger partial charge is 0.478 e. The molecule has 2 heterocycles. The lowest BCUT2D eigenvalue weighted by Crippen LogP contribution is -2.31. The number of thioether (sulfide) groups is 1. The van der Waals surface area contributed by atoms with Crippen molar-refractivity contribution in [2.75, 3.05) is 30.1 Å². The van der Waals surface area contributed by atoms with E-state index >= 15 is 0 Å². The van der Waals surface area contributed by atoms with E-state index in [9.17, 15) is 0 Å². The zero-order valence-electron chi connectivity index (χ0n) is 10.4. The van der Waals surface area contributed by atoms with Crippen LogP contribution in [0, 0.1) is 0 Å². The molecule has 1 fully saturated rings. The lowest BCUT2D eigenvalue weighted by Gasteiger charge is -2.25. The second-order valence-corrected chi connectivity index (χ2v) is 5.00. The third-order valence-electron chi connectivity index (χ3n) is 2.95. The molecule has 1 aromatic heterocycles. The van der Waals surface area contributed by atoms with E-state index in [0.717, 1.165) is 18.1 Å². The highest BCUT2D eigenvalue weighted by molar-refractivity contribution is 7.98. The molecule has 4 nitrogen and oxygen atoms in total. The van der Waals surface area contributed by atoms with Gasteiger partial charge in [0.15, 0.2) is 0 Å². The molecule has 5 heteroatoms. The lowest BCUT2D eigenvalue weighted by atomic mass is 10.2. The highest BCUT2D eigenvalue weighted by atomic mass is 32.2. The maximum Gasteiger partial charge on any atom is 0.218 e. The van der Waals surface area contributed by atoms with E-state index in [4.69, 9.17) is 4.74 Å². The zero-order valence-corrected chi connectivity index (χ0v) is 11.2. The fourth-order valence-corrected chi connectivity index (χ4v) is 2.95. The number of hydrogen-bond acceptors (Lipinski definition) is 5. The van der Waals surface area contributed by atoms with Crippen LogP contribution in [0.4, 0.5) is 5.82 Å². The van der Waals surface area contributed by atoms with Crippen molar-refractivity contribution in [3.05, 3.63) is 12.4 Å². The predicted octanol–water partition coefficient (Wildman–Crippen LogP) is 2.21. The van der Waals surface area contributed by atoms with Crippen LogP contribution in [0.25, 0.3) is 0 Å². The molecule has 2 rings (SSSR count). The van der Waals surface area contributed by atoms with E-state index in [0.29, 0.717) is 18.5 Å². The van der Waals surface area contributed by atoms with Gasteiger partial charge in [-0.15, -0.1) is 0 Å². The van der Waals surface area contributed by atoms with Gasteiger partial charge in [0.1, 0.15) is 12.1 Å². The minimum absolute atomic E-state index is 0.606. The molecule has 1 aliphatic rings. The van der Waals surface area contributed by atoms with Gasteiger partial charge in [-0.1, -0.05) is 0 Å². The highest BCUT2D eigenvalue weighted by Gasteiger charge is 2.25. The van der Waals surface area contributed by atoms with Crippen molar-refractivity contribution in [3.63, 3.8) is 0 Å². The topological polar surface area (TPSA) is 38.2 Å². The Labute approximate surface area is 107 Å². The number of anilines is 1. The van der Waals surface area contributed by atoms with Crippen molar-refractivity contribution in [2.45, 2.75) is 25.8 Å². The Bertz CT molecular complexity index is 361. The first-order valence-corrected chi connectivity index (χ1v) is 7.45. The molecule has 0 unspecified atom stereocenters. The lowest BCUT2D eigenvalue weighted by molar-refractivity contribution is 0.326. The summed E-state index contributed by atoms with van der Waals surface area (Å²) in [6.07, 6.45) is 6.25. The standard InChI is InChI=1S/C12H19N3OS/c1-3-16-12-7-11(13-9-14-12)15-6-4-5-10(15)8-17-2/h7,9-10H,3-6,8H2,1-2H3/t10-/m0/s1. The Hall–Kier alpha value is -0.970. The van der Waals surface area contributed by atoms with Crippen LogP contribution in [0.2, 0.25) is 0 Å². The maximum absolute atomic E-state index is 5.42. The van der Waals surface area contributed by atoms with Gasteiger partial charge in [0.2, 0.25) is 5.88 Å². The van der Waals surface area contributed by atoms with Crippen LogP contribution in [-0.2, 0) is 0 Å². The van der Waals surface area contributed by atoms with Gasteiger partial charge in [0, 0.05) is 24.4 Å². The molecule has 1 saturated heterocycles. The van der Waals surface area contributed by atoms with Gasteiger partial charge in [0.05, 0.1) is 6.61 Å². The SMILES string of the molecule is CCOc1cc(N2CCC[C@H]2CSC)ncn1. The third-order valence-corrected chi connectivity index (χ3v) is 3.67. The molecule has 0 saturated carbocycles. The summed E-state index contributed by atoms with van der Waals surface area (Å²) in [6.45, 7) is 3.70. The number of hydrogen-bond donors (Lipinski definition) is 0. The number of rotatable bonds is 5. The van der Waals surface area contributed by atoms with Crippen LogP contribution in [0.3, 0.4) is 0 Å². The first kappa shape index (κ1) is 12.5. The Kier molecular flexibility index (Phi) is 4.48. The quantitative estimate of drug-likeness (QED) is 0.804. The van der Waals surface area contributed by atoms with Gasteiger partial charge >= 0.3 is 0 Å². The summed E-state index contributed by atoms with van der Waals surface area (Å²) >= 11 is 1.90. The Morgan fingerprint density at radius 3 is 3.18 bits per heavy atom. The fourth-order valence-electron chi connectivity index (χ4n) is 2.22. The minimum atomic E-state index is 0.606. The summed E-state index contributed by atoms with van der Waals surface area (Å²) in [4.78, 5) is 10.8. The van der Waals surface area contributed by atoms with Crippen LogP contribution in [0.5, 0.6) is 5.88 Å². The van der Waals surface area contributed by atoms with Crippen molar-refractivity contribution < 1.29 is 4.74 Å². The van der Waals surface area contributed by atoms with Crippen LogP contribution in [-0.4, -0.2) is 41.2 Å². The molecule has 0 spiro atoms. The van der Waals surface area contributed by atoms with Gasteiger partial charge < -0.3 is 9.64 Å². The van der Waals surface area contributed by atoms with Crippen molar-refractivity contribution in [1.82, 2.24) is 9.97 Å². The van der Waals surface area contributed by atoms with E-state index < -0.39 is 0 Å². The average molecular weight is 253 g/mol. The molecule has 1 atom stereocenters. The van der Waals surface area contributed by atoms with E-state index in [-0.39, 0.29) is 0 Å². The van der Waals surface area contributed by atoms with Gasteiger partial charge in [-0.05, 0) is 26.0 Å². The smallest absolute Gasteiger partial charge is 0.218 e. The Balaban J connectivity index is 2.12. The molecule has 0 aromatic carbocycles. The molecule has 0 bridgehead atoms. The average Bonchev–Trinajstić information content (AvgIpc) is 2.79. The van der Waals surface area contributed by atoms with Gasteiger partial charge in [-0.2, -0.15) is 11.8 Å². The summed E-state index contributed by atoms with van der Waals surface area (Å²) < 4.78 is 5.42. The van der Waals surface area contributed by atoms with Crippen molar-refractivity contribution >= 4 is 17.6 Å². The van der Waals surface area contributed by atoms with Crippen LogP contribution in [0.1, 0.15) is 19.8 Å². The zero-order chi connectivity index (χ0) is 12.1. The summed E-state index contributed by atoms with van der Waals surface area (Å²) in [6, 6.07) is 2.55. The van der Waals surface area contributed by atoms with Gasteiger partial charge in [0.25, 0.3) is 0 Å². The van der Waals surface area contributed by atoms with E-state index in [1.807, 2.05) is 24.8 Å². The minimum Gasteiger partial charge on any atom is -0.478 e. The van der Waals surface area contributed by atoms with Gasteiger partial charge in [-0.3, -0.25) is 0 Å². The number of nitrogens with zero attached hydrogens (tertiary/aromatic N) is 3. The second-order valence-electron chi connectivity index (χ2n) is 4.09. The summed E-state index contributed by atoms with van der Waals surface area (Å²) in [5.41, 5.74) is 0. The molecular weight excluding hydrogens is 234 g/mol. The molecule has 0 radical (unpaired) electrons. The predicted molar refractivity (Wildman–Crippen MR) is 72.0 cm³/mol. The van der Waals surface area contributed by atoms with E-state index in [2.05, 4.69) is 21.1 Å². The van der Waals surface area contributed by atoms with Gasteiger partial charge in [-0.25, -0.2) is 9.97 Å². The van der Waals surface area contributed by atoms with Crippen LogP contribution < -0.4 is 9.64 Å². The normalized spacial score (nSPS) is 19.6. The first-order chi connectivity index (χ1) is 8.35. The van der Waals surface area contributed by atoms with Crippen molar-refractivity contribution in [1.29, 1.82) is 0 Å². The Morgan fingerprint density at radius 2 is 2.41 bits per heavy atom. The summed E-state index contributed by atoms with van der Waals surface area (Å²) in [5, 5.41) is 0. The third kappa shape index (κ3) is 3.03. The molecule has 0 aliphatic carbocycles. The van der Waals surface area contributed by atoms with Crippen molar-refractivity contribution in [3.8, 4) is 5.88 Å². The molecule has 17 heavy (non-hydrogen) atoms. The molecule has 1 aliphatic heterocycles. The Morgan fingerprint density at radius 1 is 1.53 bits per heavy atom. The molecule has 1 aromatic rings. The molecule has 94 valence electrons. The maximum atomic E-state index is 5.42. The molecule has 0 N–H and O–H groups in total. The van der Waals surface area contributed by atoms with E-state index in [1.165, 1.54) is 12.8 Å². The molecule has 0 amide bonds. The van der Waals surface area contributed by atoms with Crippen LogP contribution in [0.15, 0.2) is 12.4 Å². The monoisotopic (exact) mass is 253 g/mol.